The molecule has 16 heavy (non-hydrogen) atoms. The number of hydrogen-bond donors (Lipinski definition) is 1. The zero-order chi connectivity index (χ0) is 12.2. The molecule has 96 valence electrons. The lowest BCUT2D eigenvalue weighted by Gasteiger charge is -2.39. The van der Waals surface area contributed by atoms with E-state index in [1.807, 2.05) is 13.8 Å². The number of hydrogen-bond acceptors (Lipinski definition) is 2. The number of morpholine rings is 1. The maximum absolute atomic E-state index is 6.06. The molecule has 1 saturated heterocycles. The van der Waals surface area contributed by atoms with Crippen LogP contribution in [0, 0.1) is 17.8 Å². The van der Waals surface area contributed by atoms with Crippen molar-refractivity contribution < 1.29 is 4.74 Å². The summed E-state index contributed by atoms with van der Waals surface area (Å²) < 4.78 is 6.06. The average Bonchev–Trinajstić information content (AvgIpc) is 2.61. The number of rotatable bonds is 1. The minimum atomic E-state index is 0.174. The van der Waals surface area contributed by atoms with Crippen LogP contribution in [-0.2, 0) is 4.74 Å². The summed E-state index contributed by atoms with van der Waals surface area (Å²) in [6.45, 7) is 14.1. The van der Waals surface area contributed by atoms with Crippen LogP contribution in [0.4, 0.5) is 0 Å². The van der Waals surface area contributed by atoms with E-state index in [1.54, 1.807) is 0 Å². The molecule has 0 bridgehead atoms. The van der Waals surface area contributed by atoms with Crippen LogP contribution in [0.1, 0.15) is 47.5 Å². The quantitative estimate of drug-likeness (QED) is 0.743. The van der Waals surface area contributed by atoms with Gasteiger partial charge in [0.2, 0.25) is 0 Å². The van der Waals surface area contributed by atoms with Crippen molar-refractivity contribution in [1.29, 1.82) is 0 Å². The van der Waals surface area contributed by atoms with Gasteiger partial charge in [-0.2, -0.15) is 0 Å². The van der Waals surface area contributed by atoms with Gasteiger partial charge < -0.3 is 10.1 Å². The first kappa shape index (κ1) is 14.0. The number of ether oxygens (including phenoxy) is 1. The van der Waals surface area contributed by atoms with E-state index in [4.69, 9.17) is 4.74 Å². The summed E-state index contributed by atoms with van der Waals surface area (Å²) in [5, 5.41) is 3.48. The minimum absolute atomic E-state index is 0.174. The van der Waals surface area contributed by atoms with E-state index >= 15 is 0 Å². The van der Waals surface area contributed by atoms with Gasteiger partial charge in [0.25, 0.3) is 0 Å². The zero-order valence-corrected chi connectivity index (χ0v) is 11.7. The van der Waals surface area contributed by atoms with E-state index in [0.717, 1.165) is 37.5 Å². The standard InChI is InChI=1S/C12H23NO.C2H6/c1-9(2)11-4-5-12(10(11)3)8-13-6-7-14-12;1-2/h9-11,13H,4-8H2,1-3H3;1-2H3. The van der Waals surface area contributed by atoms with Crippen LogP contribution in [-0.4, -0.2) is 25.3 Å². The van der Waals surface area contributed by atoms with Crippen LogP contribution >= 0.6 is 0 Å². The Hall–Kier alpha value is -0.0800. The molecule has 3 unspecified atom stereocenters. The van der Waals surface area contributed by atoms with Gasteiger partial charge in [-0.1, -0.05) is 34.6 Å². The van der Waals surface area contributed by atoms with Crippen molar-refractivity contribution in [2.45, 2.75) is 53.1 Å². The van der Waals surface area contributed by atoms with Gasteiger partial charge in [0.1, 0.15) is 0 Å². The first-order valence-corrected chi connectivity index (χ1v) is 7.00. The Kier molecular flexibility index (Phi) is 5.26. The monoisotopic (exact) mass is 227 g/mol. The number of nitrogens with one attached hydrogen (secondary N) is 1. The second-order valence-electron chi connectivity index (χ2n) is 5.33. The van der Waals surface area contributed by atoms with Crippen molar-refractivity contribution in [3.8, 4) is 0 Å². The van der Waals surface area contributed by atoms with Gasteiger partial charge in [-0.25, -0.2) is 0 Å². The Morgan fingerprint density at radius 1 is 1.31 bits per heavy atom. The Balaban J connectivity index is 0.000000606. The summed E-state index contributed by atoms with van der Waals surface area (Å²) in [5.41, 5.74) is 0.174. The summed E-state index contributed by atoms with van der Waals surface area (Å²) in [5.74, 6) is 2.38. The van der Waals surface area contributed by atoms with Crippen LogP contribution in [0.3, 0.4) is 0 Å². The Morgan fingerprint density at radius 3 is 2.44 bits per heavy atom. The van der Waals surface area contributed by atoms with Crippen molar-refractivity contribution in [2.75, 3.05) is 19.7 Å². The highest BCUT2D eigenvalue weighted by atomic mass is 16.5. The Morgan fingerprint density at radius 2 is 2.00 bits per heavy atom. The van der Waals surface area contributed by atoms with Crippen molar-refractivity contribution in [2.24, 2.45) is 17.8 Å². The molecule has 1 heterocycles. The molecule has 1 saturated carbocycles. The van der Waals surface area contributed by atoms with Gasteiger partial charge in [0.15, 0.2) is 0 Å². The van der Waals surface area contributed by atoms with Crippen molar-refractivity contribution in [1.82, 2.24) is 5.32 Å². The van der Waals surface area contributed by atoms with E-state index in [1.165, 1.54) is 12.8 Å². The largest absolute Gasteiger partial charge is 0.372 e. The molecule has 0 amide bonds. The molecule has 1 aliphatic carbocycles. The van der Waals surface area contributed by atoms with E-state index in [0.29, 0.717) is 0 Å². The Bertz CT molecular complexity index is 197. The van der Waals surface area contributed by atoms with Crippen molar-refractivity contribution in [3.05, 3.63) is 0 Å². The zero-order valence-electron chi connectivity index (χ0n) is 11.7. The lowest BCUT2D eigenvalue weighted by Crippen LogP contribution is -2.52. The summed E-state index contributed by atoms with van der Waals surface area (Å²) in [6.07, 6.45) is 2.60. The van der Waals surface area contributed by atoms with E-state index in [-0.39, 0.29) is 5.60 Å². The summed E-state index contributed by atoms with van der Waals surface area (Å²) in [6, 6.07) is 0. The first-order valence-electron chi connectivity index (χ1n) is 7.00. The average molecular weight is 227 g/mol. The van der Waals surface area contributed by atoms with Gasteiger partial charge in [-0.3, -0.25) is 0 Å². The molecular weight excluding hydrogens is 198 g/mol. The van der Waals surface area contributed by atoms with Crippen LogP contribution < -0.4 is 5.32 Å². The molecule has 2 fully saturated rings. The molecule has 0 radical (unpaired) electrons. The first-order chi connectivity index (χ1) is 7.66. The molecule has 2 nitrogen and oxygen atoms in total. The third kappa shape index (κ3) is 2.60. The fourth-order valence-electron chi connectivity index (χ4n) is 3.32. The molecular formula is C14H29NO. The van der Waals surface area contributed by atoms with E-state index < -0.39 is 0 Å². The normalized spacial score (nSPS) is 38.6. The fourth-order valence-corrected chi connectivity index (χ4v) is 3.32. The maximum Gasteiger partial charge on any atom is 0.0835 e. The fraction of sp³-hybridized carbons (Fsp3) is 1.00. The highest BCUT2D eigenvalue weighted by Crippen LogP contribution is 2.46. The van der Waals surface area contributed by atoms with Gasteiger partial charge in [0.05, 0.1) is 12.2 Å². The highest BCUT2D eigenvalue weighted by Gasteiger charge is 2.48. The van der Waals surface area contributed by atoms with Gasteiger partial charge in [-0.05, 0) is 30.6 Å². The van der Waals surface area contributed by atoms with Crippen LogP contribution in [0.2, 0.25) is 0 Å². The lowest BCUT2D eigenvalue weighted by atomic mass is 9.81. The van der Waals surface area contributed by atoms with Crippen LogP contribution in [0.5, 0.6) is 0 Å². The third-order valence-corrected chi connectivity index (χ3v) is 4.32. The Labute approximate surface area is 101 Å². The van der Waals surface area contributed by atoms with E-state index in [9.17, 15) is 0 Å². The second-order valence-corrected chi connectivity index (χ2v) is 5.33. The van der Waals surface area contributed by atoms with Crippen molar-refractivity contribution in [3.63, 3.8) is 0 Å². The van der Waals surface area contributed by atoms with Crippen LogP contribution in [0.15, 0.2) is 0 Å². The molecule has 1 aliphatic heterocycles. The van der Waals surface area contributed by atoms with Gasteiger partial charge in [-0.15, -0.1) is 0 Å². The lowest BCUT2D eigenvalue weighted by molar-refractivity contribution is -0.0934. The molecule has 2 heteroatoms. The molecule has 1 spiro atoms. The molecule has 1 N–H and O–H groups in total. The molecule has 0 aromatic rings. The maximum atomic E-state index is 6.06. The summed E-state index contributed by atoms with van der Waals surface area (Å²) in [7, 11) is 0. The molecule has 0 aromatic carbocycles. The topological polar surface area (TPSA) is 21.3 Å². The summed E-state index contributed by atoms with van der Waals surface area (Å²) in [4.78, 5) is 0. The highest BCUT2D eigenvalue weighted by molar-refractivity contribution is 5.00. The second kappa shape index (κ2) is 6.02. The minimum Gasteiger partial charge on any atom is -0.372 e. The molecule has 0 aromatic heterocycles. The molecule has 2 aliphatic rings. The van der Waals surface area contributed by atoms with Crippen molar-refractivity contribution >= 4 is 0 Å². The molecule has 3 atom stereocenters. The predicted octanol–water partition coefficient (Wildman–Crippen LogP) is 3.07. The van der Waals surface area contributed by atoms with Crippen LogP contribution in [0.25, 0.3) is 0 Å². The van der Waals surface area contributed by atoms with Gasteiger partial charge >= 0.3 is 0 Å². The van der Waals surface area contributed by atoms with Gasteiger partial charge in [0, 0.05) is 13.1 Å². The predicted molar refractivity (Wildman–Crippen MR) is 69.6 cm³/mol. The van der Waals surface area contributed by atoms with E-state index in [2.05, 4.69) is 26.1 Å². The summed E-state index contributed by atoms with van der Waals surface area (Å²) >= 11 is 0. The smallest absolute Gasteiger partial charge is 0.0835 e. The SMILES string of the molecule is CC.CC(C)C1CCC2(CNCCO2)C1C. The molecule has 2 rings (SSSR count). The third-order valence-electron chi connectivity index (χ3n) is 4.32.